The maximum atomic E-state index is 5.21. The van der Waals surface area contributed by atoms with Gasteiger partial charge in [0.15, 0.2) is 0 Å². The summed E-state index contributed by atoms with van der Waals surface area (Å²) in [6.07, 6.45) is 0. The molecule has 0 radical (unpaired) electrons. The Hall–Kier alpha value is -0.150. The van der Waals surface area contributed by atoms with Gasteiger partial charge in [0.2, 0.25) is 0 Å². The van der Waals surface area contributed by atoms with E-state index in [4.69, 9.17) is 4.74 Å². The summed E-state index contributed by atoms with van der Waals surface area (Å²) in [5.74, 6) is 3.12. The Morgan fingerprint density at radius 1 is 1.46 bits per heavy atom. The minimum absolute atomic E-state index is 0.911. The Labute approximate surface area is 92.0 Å². The van der Waals surface area contributed by atoms with Gasteiger partial charge in [-0.3, -0.25) is 0 Å². The van der Waals surface area contributed by atoms with Gasteiger partial charge in [0.25, 0.3) is 0 Å². The Bertz CT molecular complexity index is 276. The first kappa shape index (κ1) is 10.9. The molecule has 1 aromatic carbocycles. The molecular weight excluding hydrogens is 248 g/mol. The predicted molar refractivity (Wildman–Crippen MR) is 62.5 cm³/mol. The van der Waals surface area contributed by atoms with E-state index in [0.717, 1.165) is 21.7 Å². The fraction of sp³-hybridized carbons (Fsp3) is 0.400. The van der Waals surface area contributed by atoms with Crippen molar-refractivity contribution in [1.29, 1.82) is 0 Å². The zero-order valence-electron chi connectivity index (χ0n) is 7.84. The molecule has 0 aromatic heterocycles. The monoisotopic (exact) mass is 260 g/mol. The van der Waals surface area contributed by atoms with E-state index in [1.54, 1.807) is 7.11 Å². The van der Waals surface area contributed by atoms with E-state index < -0.39 is 0 Å². The molecule has 0 aliphatic rings. The molecule has 0 spiro atoms. The van der Waals surface area contributed by atoms with Crippen LogP contribution in [-0.4, -0.2) is 12.9 Å². The first-order valence-corrected chi connectivity index (χ1v) is 6.13. The molecule has 0 fully saturated rings. The molecule has 0 unspecified atom stereocenters. The number of hydrogen-bond donors (Lipinski definition) is 0. The molecule has 0 amide bonds. The average Bonchev–Trinajstić information content (AvgIpc) is 2.16. The zero-order valence-corrected chi connectivity index (χ0v) is 10.2. The molecule has 3 heteroatoms. The van der Waals surface area contributed by atoms with Crippen LogP contribution in [0.5, 0.6) is 5.75 Å². The lowest BCUT2D eigenvalue weighted by molar-refractivity contribution is 0.412. The molecule has 0 aliphatic carbocycles. The van der Waals surface area contributed by atoms with Gasteiger partial charge in [-0.1, -0.05) is 13.0 Å². The van der Waals surface area contributed by atoms with Gasteiger partial charge in [-0.2, -0.15) is 11.8 Å². The molecule has 0 heterocycles. The lowest BCUT2D eigenvalue weighted by atomic mass is 10.2. The van der Waals surface area contributed by atoms with Crippen LogP contribution in [0.15, 0.2) is 22.7 Å². The van der Waals surface area contributed by atoms with Crippen molar-refractivity contribution in [2.45, 2.75) is 12.7 Å². The van der Waals surface area contributed by atoms with E-state index in [2.05, 4.69) is 35.0 Å². The summed E-state index contributed by atoms with van der Waals surface area (Å²) < 4.78 is 6.22. The van der Waals surface area contributed by atoms with E-state index in [1.165, 1.54) is 5.56 Å². The quantitative estimate of drug-likeness (QED) is 0.817. The fourth-order valence-corrected chi connectivity index (χ4v) is 2.04. The SMILES string of the molecule is CCSCc1ccc(Br)c(OC)c1. The maximum Gasteiger partial charge on any atom is 0.133 e. The third-order valence-electron chi connectivity index (χ3n) is 1.69. The van der Waals surface area contributed by atoms with Crippen LogP contribution in [0, 0.1) is 0 Å². The van der Waals surface area contributed by atoms with Crippen LogP contribution >= 0.6 is 27.7 Å². The van der Waals surface area contributed by atoms with E-state index in [0.29, 0.717) is 0 Å². The molecule has 72 valence electrons. The van der Waals surface area contributed by atoms with Crippen molar-refractivity contribution in [1.82, 2.24) is 0 Å². The second-order valence-electron chi connectivity index (χ2n) is 2.61. The minimum Gasteiger partial charge on any atom is -0.496 e. The first-order chi connectivity index (χ1) is 6.27. The van der Waals surface area contributed by atoms with Gasteiger partial charge < -0.3 is 4.74 Å². The van der Waals surface area contributed by atoms with Crippen LogP contribution in [0.1, 0.15) is 12.5 Å². The van der Waals surface area contributed by atoms with Crippen molar-refractivity contribution in [2.24, 2.45) is 0 Å². The molecule has 1 rings (SSSR count). The number of thioether (sulfide) groups is 1. The van der Waals surface area contributed by atoms with Crippen molar-refractivity contribution < 1.29 is 4.74 Å². The highest BCUT2D eigenvalue weighted by atomic mass is 79.9. The Morgan fingerprint density at radius 2 is 2.23 bits per heavy atom. The average molecular weight is 261 g/mol. The lowest BCUT2D eigenvalue weighted by Crippen LogP contribution is -1.87. The Morgan fingerprint density at radius 3 is 2.85 bits per heavy atom. The molecule has 0 N–H and O–H groups in total. The van der Waals surface area contributed by atoms with Crippen molar-refractivity contribution in [2.75, 3.05) is 12.9 Å². The van der Waals surface area contributed by atoms with Gasteiger partial charge in [-0.15, -0.1) is 0 Å². The largest absolute Gasteiger partial charge is 0.496 e. The van der Waals surface area contributed by atoms with Gasteiger partial charge in [0.05, 0.1) is 11.6 Å². The highest BCUT2D eigenvalue weighted by Gasteiger charge is 2.00. The second-order valence-corrected chi connectivity index (χ2v) is 4.73. The minimum atomic E-state index is 0.911. The van der Waals surface area contributed by atoms with E-state index in [-0.39, 0.29) is 0 Å². The van der Waals surface area contributed by atoms with E-state index >= 15 is 0 Å². The zero-order chi connectivity index (χ0) is 9.68. The number of benzene rings is 1. The van der Waals surface area contributed by atoms with Crippen molar-refractivity contribution in [3.8, 4) is 5.75 Å². The summed E-state index contributed by atoms with van der Waals surface area (Å²) in [6, 6.07) is 6.23. The smallest absolute Gasteiger partial charge is 0.133 e. The predicted octanol–water partition coefficient (Wildman–Crippen LogP) is 3.71. The number of methoxy groups -OCH3 is 1. The number of ether oxygens (including phenoxy) is 1. The topological polar surface area (TPSA) is 9.23 Å². The third kappa shape index (κ3) is 3.24. The van der Waals surface area contributed by atoms with Gasteiger partial charge in [-0.05, 0) is 39.4 Å². The van der Waals surface area contributed by atoms with Crippen LogP contribution < -0.4 is 4.74 Å². The van der Waals surface area contributed by atoms with Crippen LogP contribution in [0.2, 0.25) is 0 Å². The Kier molecular flexibility index (Phi) is 4.67. The third-order valence-corrected chi connectivity index (χ3v) is 3.29. The number of rotatable bonds is 4. The summed E-state index contributed by atoms with van der Waals surface area (Å²) >= 11 is 5.34. The lowest BCUT2D eigenvalue weighted by Gasteiger charge is -2.05. The molecule has 0 saturated carbocycles. The standard InChI is InChI=1S/C10H13BrOS/c1-3-13-7-8-4-5-9(11)10(6-8)12-2/h4-6H,3,7H2,1-2H3. The fourth-order valence-electron chi connectivity index (χ4n) is 1.01. The number of hydrogen-bond acceptors (Lipinski definition) is 2. The summed E-state index contributed by atoms with van der Waals surface area (Å²) in [6.45, 7) is 2.17. The normalized spacial score (nSPS) is 10.1. The summed E-state index contributed by atoms with van der Waals surface area (Å²) in [4.78, 5) is 0. The highest BCUT2D eigenvalue weighted by Crippen LogP contribution is 2.27. The summed E-state index contributed by atoms with van der Waals surface area (Å²) in [5.41, 5.74) is 1.31. The van der Waals surface area contributed by atoms with Gasteiger partial charge in [0.1, 0.15) is 5.75 Å². The van der Waals surface area contributed by atoms with Gasteiger partial charge in [-0.25, -0.2) is 0 Å². The van der Waals surface area contributed by atoms with E-state index in [9.17, 15) is 0 Å². The van der Waals surface area contributed by atoms with Gasteiger partial charge >= 0.3 is 0 Å². The van der Waals surface area contributed by atoms with Crippen LogP contribution in [0.25, 0.3) is 0 Å². The van der Waals surface area contributed by atoms with Crippen molar-refractivity contribution in [3.05, 3.63) is 28.2 Å². The molecule has 0 atom stereocenters. The molecule has 0 bridgehead atoms. The summed E-state index contributed by atoms with van der Waals surface area (Å²) in [7, 11) is 1.69. The molecule has 0 aliphatic heterocycles. The maximum absolute atomic E-state index is 5.21. The molecule has 13 heavy (non-hydrogen) atoms. The van der Waals surface area contributed by atoms with Crippen molar-refractivity contribution in [3.63, 3.8) is 0 Å². The second kappa shape index (κ2) is 5.55. The summed E-state index contributed by atoms with van der Waals surface area (Å²) in [5, 5.41) is 0. The molecular formula is C10H13BrOS. The Balaban J connectivity index is 2.74. The van der Waals surface area contributed by atoms with Crippen LogP contribution in [-0.2, 0) is 5.75 Å². The first-order valence-electron chi connectivity index (χ1n) is 4.18. The van der Waals surface area contributed by atoms with Crippen LogP contribution in [0.3, 0.4) is 0 Å². The molecule has 0 saturated heterocycles. The number of halogens is 1. The molecule has 1 aromatic rings. The van der Waals surface area contributed by atoms with Crippen LogP contribution in [0.4, 0.5) is 0 Å². The van der Waals surface area contributed by atoms with Gasteiger partial charge in [0, 0.05) is 5.75 Å². The molecule has 1 nitrogen and oxygen atoms in total. The van der Waals surface area contributed by atoms with E-state index in [1.807, 2.05) is 17.8 Å². The highest BCUT2D eigenvalue weighted by molar-refractivity contribution is 9.10. The van der Waals surface area contributed by atoms with Crippen molar-refractivity contribution >= 4 is 27.7 Å².